The molecule has 1 atom stereocenters. The van der Waals surface area contributed by atoms with Crippen LogP contribution in [-0.2, 0) is 4.79 Å². The maximum atomic E-state index is 12.7. The van der Waals surface area contributed by atoms with Crippen molar-refractivity contribution in [3.8, 4) is 5.69 Å². The van der Waals surface area contributed by atoms with Gasteiger partial charge in [-0.25, -0.2) is 4.68 Å². The van der Waals surface area contributed by atoms with Gasteiger partial charge in [0.15, 0.2) is 0 Å². The van der Waals surface area contributed by atoms with E-state index in [2.05, 4.69) is 31.7 Å². The Bertz CT molecular complexity index is 779. The van der Waals surface area contributed by atoms with Gasteiger partial charge < -0.3 is 10.6 Å². The van der Waals surface area contributed by atoms with E-state index >= 15 is 0 Å². The standard InChI is InChI=1S/C18H21BrN4O/c1-12-9-16(23(22-12)14-4-2-3-13(19)10-14)21-17(24)15-11-18(15)5-7-20-8-6-18/h2-4,9-10,15,20H,5-8,11H2,1H3,(H,21,24). The van der Waals surface area contributed by atoms with Crippen molar-refractivity contribution in [3.63, 3.8) is 0 Å². The van der Waals surface area contributed by atoms with Gasteiger partial charge in [-0.2, -0.15) is 5.10 Å². The Hall–Kier alpha value is -1.66. The van der Waals surface area contributed by atoms with Crippen molar-refractivity contribution in [3.05, 3.63) is 40.5 Å². The number of carbonyl (C=O) groups excluding carboxylic acids is 1. The van der Waals surface area contributed by atoms with Gasteiger partial charge in [0.2, 0.25) is 5.91 Å². The van der Waals surface area contributed by atoms with E-state index in [0.717, 1.165) is 54.0 Å². The number of aromatic nitrogens is 2. The maximum absolute atomic E-state index is 12.7. The van der Waals surface area contributed by atoms with Gasteiger partial charge in [-0.05, 0) is 62.9 Å². The van der Waals surface area contributed by atoms with E-state index in [4.69, 9.17) is 0 Å². The van der Waals surface area contributed by atoms with Gasteiger partial charge in [0.25, 0.3) is 0 Å². The van der Waals surface area contributed by atoms with E-state index in [1.165, 1.54) is 0 Å². The average Bonchev–Trinajstić information content (AvgIpc) is 3.12. The molecular formula is C18H21BrN4O. The molecule has 2 N–H and O–H groups in total. The first-order chi connectivity index (χ1) is 11.6. The molecule has 126 valence electrons. The third-order valence-electron chi connectivity index (χ3n) is 5.24. The summed E-state index contributed by atoms with van der Waals surface area (Å²) in [5, 5.41) is 11.0. The quantitative estimate of drug-likeness (QED) is 0.847. The summed E-state index contributed by atoms with van der Waals surface area (Å²) >= 11 is 3.49. The Morgan fingerprint density at radius 3 is 2.92 bits per heavy atom. The van der Waals surface area contributed by atoms with Crippen LogP contribution in [0.25, 0.3) is 5.69 Å². The van der Waals surface area contributed by atoms with Gasteiger partial charge in [-0.3, -0.25) is 4.79 Å². The fraction of sp³-hybridized carbons (Fsp3) is 0.444. The average molecular weight is 389 g/mol. The van der Waals surface area contributed by atoms with Crippen molar-refractivity contribution < 1.29 is 4.79 Å². The van der Waals surface area contributed by atoms with Crippen molar-refractivity contribution in [2.45, 2.75) is 26.2 Å². The molecule has 1 spiro atoms. The summed E-state index contributed by atoms with van der Waals surface area (Å²) < 4.78 is 2.79. The number of anilines is 1. The lowest BCUT2D eigenvalue weighted by Gasteiger charge is -2.23. The Labute approximate surface area is 149 Å². The zero-order valence-electron chi connectivity index (χ0n) is 13.7. The van der Waals surface area contributed by atoms with Crippen LogP contribution in [0.1, 0.15) is 25.0 Å². The normalized spacial score (nSPS) is 21.7. The number of hydrogen-bond donors (Lipinski definition) is 2. The summed E-state index contributed by atoms with van der Waals surface area (Å²) in [4.78, 5) is 12.7. The topological polar surface area (TPSA) is 59.0 Å². The largest absolute Gasteiger partial charge is 0.317 e. The summed E-state index contributed by atoms with van der Waals surface area (Å²) in [5.41, 5.74) is 2.06. The third kappa shape index (κ3) is 2.89. The van der Waals surface area contributed by atoms with Crippen LogP contribution in [0, 0.1) is 18.3 Å². The number of rotatable bonds is 3. The number of nitrogens with zero attached hydrogens (tertiary/aromatic N) is 2. The second-order valence-electron chi connectivity index (χ2n) is 6.92. The van der Waals surface area contributed by atoms with Crippen LogP contribution in [0.15, 0.2) is 34.8 Å². The molecule has 0 radical (unpaired) electrons. The molecule has 1 aromatic heterocycles. The zero-order chi connectivity index (χ0) is 16.7. The Morgan fingerprint density at radius 1 is 1.38 bits per heavy atom. The van der Waals surface area contributed by atoms with Gasteiger partial charge in [-0.15, -0.1) is 0 Å². The molecule has 1 saturated heterocycles. The fourth-order valence-corrected chi connectivity index (χ4v) is 4.19. The molecule has 1 aromatic carbocycles. The molecule has 1 aliphatic heterocycles. The van der Waals surface area contributed by atoms with E-state index in [1.807, 2.05) is 37.3 Å². The second-order valence-corrected chi connectivity index (χ2v) is 7.84. The Morgan fingerprint density at radius 2 is 2.17 bits per heavy atom. The summed E-state index contributed by atoms with van der Waals surface area (Å²) in [7, 11) is 0. The lowest BCUT2D eigenvalue weighted by Crippen LogP contribution is -2.31. The first kappa shape index (κ1) is 15.8. The summed E-state index contributed by atoms with van der Waals surface area (Å²) in [5.74, 6) is 1.02. The minimum Gasteiger partial charge on any atom is -0.317 e. The highest BCUT2D eigenvalue weighted by Gasteiger charge is 2.57. The number of nitrogens with one attached hydrogen (secondary N) is 2. The molecule has 1 unspecified atom stereocenters. The van der Waals surface area contributed by atoms with Crippen LogP contribution >= 0.6 is 15.9 Å². The number of carbonyl (C=O) groups is 1. The number of piperidine rings is 1. The fourth-order valence-electron chi connectivity index (χ4n) is 3.80. The minimum atomic E-state index is 0.132. The zero-order valence-corrected chi connectivity index (χ0v) is 15.3. The number of halogens is 1. The highest BCUT2D eigenvalue weighted by atomic mass is 79.9. The van der Waals surface area contributed by atoms with E-state index < -0.39 is 0 Å². The van der Waals surface area contributed by atoms with Gasteiger partial charge in [0.1, 0.15) is 5.82 Å². The molecule has 2 heterocycles. The van der Waals surface area contributed by atoms with E-state index in [-0.39, 0.29) is 17.2 Å². The number of hydrogen-bond acceptors (Lipinski definition) is 3. The highest BCUT2D eigenvalue weighted by Crippen LogP contribution is 2.58. The molecule has 2 fully saturated rings. The maximum Gasteiger partial charge on any atom is 0.229 e. The molecule has 24 heavy (non-hydrogen) atoms. The molecule has 1 amide bonds. The van der Waals surface area contributed by atoms with Crippen LogP contribution in [0.3, 0.4) is 0 Å². The predicted molar refractivity (Wildman–Crippen MR) is 97.3 cm³/mol. The van der Waals surface area contributed by atoms with Crippen molar-refractivity contribution >= 4 is 27.7 Å². The Balaban J connectivity index is 1.54. The second kappa shape index (κ2) is 6.01. The number of aryl methyl sites for hydroxylation is 1. The van der Waals surface area contributed by atoms with Crippen molar-refractivity contribution in [2.75, 3.05) is 18.4 Å². The Kier molecular flexibility index (Phi) is 3.96. The van der Waals surface area contributed by atoms with E-state index in [0.29, 0.717) is 0 Å². The van der Waals surface area contributed by atoms with Crippen molar-refractivity contribution in [1.29, 1.82) is 0 Å². The van der Waals surface area contributed by atoms with Crippen LogP contribution < -0.4 is 10.6 Å². The molecular weight excluding hydrogens is 368 g/mol. The minimum absolute atomic E-state index is 0.132. The molecule has 0 bridgehead atoms. The van der Waals surface area contributed by atoms with Crippen molar-refractivity contribution in [2.24, 2.45) is 11.3 Å². The number of amides is 1. The first-order valence-corrected chi connectivity index (χ1v) is 9.21. The first-order valence-electron chi connectivity index (χ1n) is 8.42. The molecule has 1 saturated carbocycles. The summed E-state index contributed by atoms with van der Waals surface area (Å²) in [6, 6.07) is 9.85. The van der Waals surface area contributed by atoms with Crippen molar-refractivity contribution in [1.82, 2.24) is 15.1 Å². The molecule has 6 heteroatoms. The summed E-state index contributed by atoms with van der Waals surface area (Å²) in [6.07, 6.45) is 3.23. The van der Waals surface area contributed by atoms with Crippen LogP contribution in [0.5, 0.6) is 0 Å². The SMILES string of the molecule is Cc1cc(NC(=O)C2CC23CCNCC3)n(-c2cccc(Br)c2)n1. The van der Waals surface area contributed by atoms with Gasteiger partial charge in [0.05, 0.1) is 11.4 Å². The lowest BCUT2D eigenvalue weighted by molar-refractivity contribution is -0.118. The predicted octanol–water partition coefficient (Wildman–Crippen LogP) is 3.27. The smallest absolute Gasteiger partial charge is 0.229 e. The monoisotopic (exact) mass is 388 g/mol. The number of benzene rings is 1. The molecule has 4 rings (SSSR count). The summed E-state index contributed by atoms with van der Waals surface area (Å²) in [6.45, 7) is 3.99. The van der Waals surface area contributed by atoms with Crippen LogP contribution in [0.4, 0.5) is 5.82 Å². The van der Waals surface area contributed by atoms with E-state index in [1.54, 1.807) is 4.68 Å². The van der Waals surface area contributed by atoms with Gasteiger partial charge in [0, 0.05) is 16.5 Å². The molecule has 2 aromatic rings. The highest BCUT2D eigenvalue weighted by molar-refractivity contribution is 9.10. The van der Waals surface area contributed by atoms with Crippen LogP contribution in [0.2, 0.25) is 0 Å². The third-order valence-corrected chi connectivity index (χ3v) is 5.73. The molecule has 1 aliphatic carbocycles. The molecule has 2 aliphatic rings. The van der Waals surface area contributed by atoms with Gasteiger partial charge >= 0.3 is 0 Å². The molecule has 5 nitrogen and oxygen atoms in total. The van der Waals surface area contributed by atoms with Gasteiger partial charge in [-0.1, -0.05) is 22.0 Å². The van der Waals surface area contributed by atoms with E-state index in [9.17, 15) is 4.79 Å². The lowest BCUT2D eigenvalue weighted by atomic mass is 9.92. The van der Waals surface area contributed by atoms with Crippen LogP contribution in [-0.4, -0.2) is 28.8 Å².